The first-order chi connectivity index (χ1) is 12.6. The van der Waals surface area contributed by atoms with E-state index in [1.54, 1.807) is 12.1 Å². The van der Waals surface area contributed by atoms with Crippen molar-refractivity contribution in [3.8, 4) is 0 Å². The molecule has 0 fully saturated rings. The van der Waals surface area contributed by atoms with Crippen LogP contribution in [0.4, 0.5) is 0 Å². The second-order valence-electron chi connectivity index (χ2n) is 5.90. The molecular formula is C20H20O6. The number of hydrogen-bond donors (Lipinski definition) is 0. The zero-order valence-electron chi connectivity index (χ0n) is 14.7. The summed E-state index contributed by atoms with van der Waals surface area (Å²) >= 11 is 0. The van der Waals surface area contributed by atoms with Gasteiger partial charge < -0.3 is 18.9 Å². The van der Waals surface area contributed by atoms with Crippen LogP contribution in [-0.2, 0) is 45.4 Å². The molecule has 0 spiro atoms. The van der Waals surface area contributed by atoms with Crippen LogP contribution in [0.15, 0.2) is 36.4 Å². The zero-order chi connectivity index (χ0) is 18.5. The molecule has 0 aromatic heterocycles. The molecule has 0 aliphatic carbocycles. The highest BCUT2D eigenvalue weighted by Crippen LogP contribution is 2.24. The van der Waals surface area contributed by atoms with Gasteiger partial charge in [0.2, 0.25) is 0 Å². The molecule has 0 unspecified atom stereocenters. The first-order valence-electron chi connectivity index (χ1n) is 8.18. The summed E-state index contributed by atoms with van der Waals surface area (Å²) in [6.07, 6.45) is 0. The maximum atomic E-state index is 12.1. The Labute approximate surface area is 151 Å². The van der Waals surface area contributed by atoms with Crippen molar-refractivity contribution in [2.45, 2.75) is 26.4 Å². The smallest absolute Gasteiger partial charge is 0.338 e. The number of carbonyl (C=O) groups is 2. The molecule has 26 heavy (non-hydrogen) atoms. The molecule has 0 saturated heterocycles. The van der Waals surface area contributed by atoms with Crippen molar-refractivity contribution in [1.82, 2.24) is 0 Å². The maximum Gasteiger partial charge on any atom is 0.338 e. The molecule has 0 saturated carbocycles. The van der Waals surface area contributed by atoms with Crippen LogP contribution in [0.5, 0.6) is 0 Å². The average molecular weight is 356 g/mol. The van der Waals surface area contributed by atoms with E-state index in [2.05, 4.69) is 0 Å². The van der Waals surface area contributed by atoms with Gasteiger partial charge in [-0.1, -0.05) is 24.3 Å². The number of rotatable bonds is 2. The minimum absolute atomic E-state index is 0.152. The number of esters is 2. The van der Waals surface area contributed by atoms with Gasteiger partial charge in [-0.05, 0) is 34.4 Å². The second-order valence-corrected chi connectivity index (χ2v) is 5.90. The third kappa shape index (κ3) is 3.76. The second kappa shape index (κ2) is 8.12. The van der Waals surface area contributed by atoms with Crippen molar-refractivity contribution in [2.75, 3.05) is 14.2 Å². The van der Waals surface area contributed by atoms with E-state index in [0.29, 0.717) is 26.4 Å². The van der Waals surface area contributed by atoms with Gasteiger partial charge in [-0.15, -0.1) is 0 Å². The van der Waals surface area contributed by atoms with E-state index < -0.39 is 11.9 Å². The summed E-state index contributed by atoms with van der Waals surface area (Å²) in [5.41, 5.74) is 3.99. The molecule has 1 aliphatic rings. The molecule has 136 valence electrons. The summed E-state index contributed by atoms with van der Waals surface area (Å²) in [6.45, 7) is 1.45. The molecule has 3 rings (SSSR count). The summed E-state index contributed by atoms with van der Waals surface area (Å²) < 4.78 is 21.3. The van der Waals surface area contributed by atoms with E-state index in [-0.39, 0.29) is 11.1 Å². The molecule has 0 bridgehead atoms. The van der Waals surface area contributed by atoms with Gasteiger partial charge in [-0.3, -0.25) is 0 Å². The van der Waals surface area contributed by atoms with Crippen molar-refractivity contribution in [3.05, 3.63) is 69.8 Å². The molecule has 6 heteroatoms. The van der Waals surface area contributed by atoms with Gasteiger partial charge in [0.25, 0.3) is 0 Å². The van der Waals surface area contributed by atoms with Crippen molar-refractivity contribution >= 4 is 11.9 Å². The number of benzene rings is 2. The van der Waals surface area contributed by atoms with E-state index in [9.17, 15) is 9.59 Å². The van der Waals surface area contributed by atoms with Gasteiger partial charge in [-0.2, -0.15) is 0 Å². The van der Waals surface area contributed by atoms with Crippen LogP contribution in [0.25, 0.3) is 0 Å². The fourth-order valence-electron chi connectivity index (χ4n) is 2.90. The number of hydrogen-bond acceptors (Lipinski definition) is 6. The van der Waals surface area contributed by atoms with Gasteiger partial charge in [0, 0.05) is 0 Å². The van der Waals surface area contributed by atoms with Crippen molar-refractivity contribution in [3.63, 3.8) is 0 Å². The Morgan fingerprint density at radius 1 is 0.731 bits per heavy atom. The lowest BCUT2D eigenvalue weighted by molar-refractivity contribution is 0.0552. The van der Waals surface area contributed by atoms with Gasteiger partial charge in [0.1, 0.15) is 0 Å². The Hall–Kier alpha value is -2.70. The predicted molar refractivity (Wildman–Crippen MR) is 92.5 cm³/mol. The molecule has 0 atom stereocenters. The Balaban J connectivity index is 1.97. The fraction of sp³-hybridized carbons (Fsp3) is 0.300. The Morgan fingerprint density at radius 3 is 1.50 bits per heavy atom. The lowest BCUT2D eigenvalue weighted by Crippen LogP contribution is -2.15. The van der Waals surface area contributed by atoms with Gasteiger partial charge in [-0.25, -0.2) is 9.59 Å². The lowest BCUT2D eigenvalue weighted by atomic mass is 9.98. The standard InChI is InChI=1S/C20H20O6/c1-23-19(21)17-7-15-11-25-9-13-5-3-4-6-14(13)10-26-12-16(15)8-18(17)20(22)24-2/h3-8H,9-12H2,1-2H3. The van der Waals surface area contributed by atoms with Crippen LogP contribution in [0.3, 0.4) is 0 Å². The van der Waals surface area contributed by atoms with Gasteiger partial charge in [0.15, 0.2) is 0 Å². The molecule has 0 amide bonds. The lowest BCUT2D eigenvalue weighted by Gasteiger charge is -2.18. The van der Waals surface area contributed by atoms with E-state index in [0.717, 1.165) is 22.3 Å². The summed E-state index contributed by atoms with van der Waals surface area (Å²) in [4.78, 5) is 24.2. The first kappa shape index (κ1) is 18.1. The molecule has 0 radical (unpaired) electrons. The van der Waals surface area contributed by atoms with E-state index in [4.69, 9.17) is 18.9 Å². The average Bonchev–Trinajstić information content (AvgIpc) is 2.68. The Kier molecular flexibility index (Phi) is 5.65. The van der Waals surface area contributed by atoms with Crippen molar-refractivity contribution in [2.24, 2.45) is 0 Å². The molecule has 2 aromatic carbocycles. The number of carbonyl (C=O) groups excluding carboxylic acids is 2. The zero-order valence-corrected chi connectivity index (χ0v) is 14.7. The third-order valence-electron chi connectivity index (χ3n) is 4.30. The number of fused-ring (bicyclic) bond motifs is 2. The highest BCUT2D eigenvalue weighted by Gasteiger charge is 2.22. The van der Waals surface area contributed by atoms with Gasteiger partial charge >= 0.3 is 11.9 Å². The summed E-state index contributed by atoms with van der Waals surface area (Å²) in [5, 5.41) is 0. The van der Waals surface area contributed by atoms with Crippen LogP contribution < -0.4 is 0 Å². The van der Waals surface area contributed by atoms with E-state index in [1.807, 2.05) is 24.3 Å². The highest BCUT2D eigenvalue weighted by atomic mass is 16.5. The summed E-state index contributed by atoms with van der Waals surface area (Å²) in [5.74, 6) is -1.20. The van der Waals surface area contributed by atoms with Crippen LogP contribution in [-0.4, -0.2) is 26.2 Å². The molecular weight excluding hydrogens is 336 g/mol. The molecule has 6 nitrogen and oxygen atoms in total. The summed E-state index contributed by atoms with van der Waals surface area (Å²) in [6, 6.07) is 11.2. The normalized spacial score (nSPS) is 13.9. The quantitative estimate of drug-likeness (QED) is 0.771. The maximum absolute atomic E-state index is 12.1. The topological polar surface area (TPSA) is 71.1 Å². The van der Waals surface area contributed by atoms with Crippen LogP contribution in [0.1, 0.15) is 43.0 Å². The SMILES string of the molecule is COC(=O)c1cc2c(cc1C(=O)OC)COCc1ccccc1COC2. The monoisotopic (exact) mass is 356 g/mol. The minimum Gasteiger partial charge on any atom is -0.465 e. The Morgan fingerprint density at radius 2 is 1.12 bits per heavy atom. The van der Waals surface area contributed by atoms with E-state index in [1.165, 1.54) is 14.2 Å². The Bertz CT molecular complexity index is 759. The molecule has 1 heterocycles. The molecule has 1 aliphatic heterocycles. The van der Waals surface area contributed by atoms with Crippen LogP contribution >= 0.6 is 0 Å². The predicted octanol–water partition coefficient (Wildman–Crippen LogP) is 3.01. The van der Waals surface area contributed by atoms with Crippen molar-refractivity contribution in [1.29, 1.82) is 0 Å². The molecule has 0 N–H and O–H groups in total. The van der Waals surface area contributed by atoms with Gasteiger partial charge in [0.05, 0.1) is 51.8 Å². The largest absolute Gasteiger partial charge is 0.465 e. The van der Waals surface area contributed by atoms with Crippen molar-refractivity contribution < 1.29 is 28.5 Å². The van der Waals surface area contributed by atoms with Crippen LogP contribution in [0, 0.1) is 0 Å². The number of ether oxygens (including phenoxy) is 4. The first-order valence-corrected chi connectivity index (χ1v) is 8.18. The third-order valence-corrected chi connectivity index (χ3v) is 4.30. The highest BCUT2D eigenvalue weighted by molar-refractivity contribution is 6.03. The van der Waals surface area contributed by atoms with Crippen LogP contribution in [0.2, 0.25) is 0 Å². The van der Waals surface area contributed by atoms with E-state index >= 15 is 0 Å². The molecule has 2 aromatic rings. The number of methoxy groups -OCH3 is 2. The summed E-state index contributed by atoms with van der Waals surface area (Å²) in [7, 11) is 2.54. The minimum atomic E-state index is -0.600. The fourth-order valence-corrected chi connectivity index (χ4v) is 2.90.